The molecule has 2 rings (SSSR count). The smallest absolute Gasteiger partial charge is 0.112 e. The van der Waals surface area contributed by atoms with Gasteiger partial charge in [-0.1, -0.05) is 26.0 Å². The van der Waals surface area contributed by atoms with E-state index < -0.39 is 0 Å². The maximum Gasteiger partial charge on any atom is 0.112 e. The first-order chi connectivity index (χ1) is 7.59. The Kier molecular flexibility index (Phi) is 2.97. The summed E-state index contributed by atoms with van der Waals surface area (Å²) in [7, 11) is 0. The molecule has 1 heterocycles. The van der Waals surface area contributed by atoms with Crippen LogP contribution >= 0.6 is 0 Å². The zero-order valence-corrected chi connectivity index (χ0v) is 10.0. The van der Waals surface area contributed by atoms with Crippen molar-refractivity contribution in [2.75, 3.05) is 0 Å². The van der Waals surface area contributed by atoms with Crippen LogP contribution in [0, 0.1) is 0 Å². The molecule has 0 spiro atoms. The summed E-state index contributed by atoms with van der Waals surface area (Å²) in [6, 6.07) is 8.06. The second-order valence-corrected chi connectivity index (χ2v) is 4.57. The van der Waals surface area contributed by atoms with E-state index in [-0.39, 0.29) is 6.10 Å². The van der Waals surface area contributed by atoms with Gasteiger partial charge in [0.25, 0.3) is 0 Å². The molecule has 1 N–H and O–H groups in total. The number of aliphatic hydroxyl groups excluding tert-OH is 1. The normalized spacial score (nSPS) is 13.6. The topological polar surface area (TPSA) is 38.0 Å². The number of nitrogens with zero attached hydrogens (tertiary/aromatic N) is 2. The summed E-state index contributed by atoms with van der Waals surface area (Å²) in [6.07, 6.45) is -0.352. The van der Waals surface area contributed by atoms with E-state index in [0.717, 1.165) is 16.9 Å². The van der Waals surface area contributed by atoms with E-state index in [4.69, 9.17) is 0 Å². The van der Waals surface area contributed by atoms with Crippen molar-refractivity contribution in [3.8, 4) is 0 Å². The van der Waals surface area contributed by atoms with Crippen LogP contribution < -0.4 is 0 Å². The zero-order valence-electron chi connectivity index (χ0n) is 10.0. The van der Waals surface area contributed by atoms with Gasteiger partial charge in [-0.25, -0.2) is 4.98 Å². The maximum absolute atomic E-state index is 9.54. The number of benzene rings is 1. The second kappa shape index (κ2) is 4.26. The number of hydrogen-bond acceptors (Lipinski definition) is 2. The Balaban J connectivity index is 2.60. The van der Waals surface area contributed by atoms with Crippen LogP contribution in [0.25, 0.3) is 11.0 Å². The highest BCUT2D eigenvalue weighted by Gasteiger charge is 2.14. The van der Waals surface area contributed by atoms with Crippen LogP contribution in [0.15, 0.2) is 24.3 Å². The summed E-state index contributed by atoms with van der Waals surface area (Å²) in [4.78, 5) is 4.62. The quantitative estimate of drug-likeness (QED) is 0.859. The lowest BCUT2D eigenvalue weighted by atomic mass is 10.2. The van der Waals surface area contributed by atoms with Gasteiger partial charge >= 0.3 is 0 Å². The van der Waals surface area contributed by atoms with Gasteiger partial charge < -0.3 is 9.67 Å². The van der Waals surface area contributed by atoms with Crippen molar-refractivity contribution in [1.29, 1.82) is 0 Å². The van der Waals surface area contributed by atoms with Crippen LogP contribution in [0.2, 0.25) is 0 Å². The molecule has 0 amide bonds. The molecule has 0 saturated carbocycles. The van der Waals surface area contributed by atoms with Gasteiger partial charge in [-0.2, -0.15) is 0 Å². The average molecular weight is 218 g/mol. The van der Waals surface area contributed by atoms with E-state index in [0.29, 0.717) is 12.5 Å². The van der Waals surface area contributed by atoms with Crippen molar-refractivity contribution in [1.82, 2.24) is 9.55 Å². The molecule has 1 atom stereocenters. The Morgan fingerprint density at radius 2 is 1.94 bits per heavy atom. The van der Waals surface area contributed by atoms with Crippen molar-refractivity contribution < 1.29 is 5.11 Å². The van der Waals surface area contributed by atoms with Gasteiger partial charge in [-0.15, -0.1) is 0 Å². The van der Waals surface area contributed by atoms with Crippen LogP contribution in [0.3, 0.4) is 0 Å². The van der Waals surface area contributed by atoms with E-state index in [2.05, 4.69) is 29.5 Å². The third-order valence-electron chi connectivity index (χ3n) is 2.65. The Morgan fingerprint density at radius 3 is 2.56 bits per heavy atom. The van der Waals surface area contributed by atoms with E-state index >= 15 is 0 Å². The van der Waals surface area contributed by atoms with E-state index in [9.17, 15) is 5.11 Å². The Morgan fingerprint density at radius 1 is 1.25 bits per heavy atom. The minimum absolute atomic E-state index is 0.352. The third-order valence-corrected chi connectivity index (χ3v) is 2.65. The molecule has 2 aromatic rings. The minimum Gasteiger partial charge on any atom is -0.392 e. The molecule has 16 heavy (non-hydrogen) atoms. The zero-order chi connectivity index (χ0) is 11.7. The first-order valence-electron chi connectivity index (χ1n) is 5.73. The lowest BCUT2D eigenvalue weighted by Gasteiger charge is -2.12. The van der Waals surface area contributed by atoms with E-state index in [1.807, 2.05) is 18.2 Å². The van der Waals surface area contributed by atoms with Gasteiger partial charge in [0.2, 0.25) is 0 Å². The predicted octanol–water partition coefficient (Wildman–Crippen LogP) is 2.54. The summed E-state index contributed by atoms with van der Waals surface area (Å²) in [6.45, 7) is 6.66. The highest BCUT2D eigenvalue weighted by molar-refractivity contribution is 5.76. The largest absolute Gasteiger partial charge is 0.392 e. The maximum atomic E-state index is 9.54. The summed E-state index contributed by atoms with van der Waals surface area (Å²) in [5.41, 5.74) is 2.11. The lowest BCUT2D eigenvalue weighted by Crippen LogP contribution is -2.14. The fourth-order valence-electron chi connectivity index (χ4n) is 1.99. The average Bonchev–Trinajstić information content (AvgIpc) is 2.57. The first-order valence-corrected chi connectivity index (χ1v) is 5.73. The van der Waals surface area contributed by atoms with Crippen molar-refractivity contribution in [2.24, 2.45) is 0 Å². The molecular weight excluding hydrogens is 200 g/mol. The van der Waals surface area contributed by atoms with Gasteiger partial charge in [0.15, 0.2) is 0 Å². The van der Waals surface area contributed by atoms with E-state index in [1.165, 1.54) is 0 Å². The first kappa shape index (κ1) is 11.1. The summed E-state index contributed by atoms with van der Waals surface area (Å²) >= 11 is 0. The molecule has 0 bridgehead atoms. The molecule has 0 aliphatic heterocycles. The molecule has 1 aromatic heterocycles. The number of aromatic nitrogens is 2. The lowest BCUT2D eigenvalue weighted by molar-refractivity contribution is 0.173. The molecule has 1 aromatic carbocycles. The predicted molar refractivity (Wildman–Crippen MR) is 65.5 cm³/mol. The van der Waals surface area contributed by atoms with Crippen molar-refractivity contribution in [3.63, 3.8) is 0 Å². The van der Waals surface area contributed by atoms with Gasteiger partial charge in [-0.05, 0) is 19.1 Å². The third kappa shape index (κ3) is 1.95. The number of para-hydroxylation sites is 2. The Bertz CT molecular complexity index is 486. The highest BCUT2D eigenvalue weighted by Crippen LogP contribution is 2.21. The Hall–Kier alpha value is -1.35. The highest BCUT2D eigenvalue weighted by atomic mass is 16.3. The molecule has 86 valence electrons. The van der Waals surface area contributed by atoms with Crippen molar-refractivity contribution >= 4 is 11.0 Å². The van der Waals surface area contributed by atoms with E-state index in [1.54, 1.807) is 6.92 Å². The van der Waals surface area contributed by atoms with Gasteiger partial charge in [0.1, 0.15) is 5.82 Å². The fourth-order valence-corrected chi connectivity index (χ4v) is 1.99. The molecule has 0 aliphatic rings. The molecular formula is C13H18N2O. The summed E-state index contributed by atoms with van der Waals surface area (Å²) in [5.74, 6) is 1.41. The van der Waals surface area contributed by atoms with Crippen molar-refractivity contribution in [2.45, 2.75) is 39.3 Å². The summed E-state index contributed by atoms with van der Waals surface area (Å²) < 4.78 is 2.12. The summed E-state index contributed by atoms with van der Waals surface area (Å²) in [5, 5.41) is 9.54. The van der Waals surface area contributed by atoms with Crippen LogP contribution in [0.1, 0.15) is 32.5 Å². The Labute approximate surface area is 95.7 Å². The monoisotopic (exact) mass is 218 g/mol. The van der Waals surface area contributed by atoms with Crippen LogP contribution in [0.5, 0.6) is 0 Å². The SMILES string of the molecule is CC(O)Cn1c(C(C)C)nc2ccccc21. The van der Waals surface area contributed by atoms with Crippen LogP contribution in [0.4, 0.5) is 0 Å². The van der Waals surface area contributed by atoms with Crippen LogP contribution in [-0.2, 0) is 6.54 Å². The molecule has 3 nitrogen and oxygen atoms in total. The standard InChI is InChI=1S/C13H18N2O/c1-9(2)13-14-11-6-4-5-7-12(11)15(13)8-10(3)16/h4-7,9-10,16H,8H2,1-3H3. The number of rotatable bonds is 3. The number of fused-ring (bicyclic) bond motifs is 1. The van der Waals surface area contributed by atoms with Gasteiger partial charge in [0, 0.05) is 5.92 Å². The molecule has 3 heteroatoms. The number of imidazole rings is 1. The molecule has 0 fully saturated rings. The minimum atomic E-state index is -0.352. The van der Waals surface area contributed by atoms with Gasteiger partial charge in [-0.3, -0.25) is 0 Å². The number of aliphatic hydroxyl groups is 1. The molecule has 0 saturated heterocycles. The fraction of sp³-hybridized carbons (Fsp3) is 0.462. The van der Waals surface area contributed by atoms with Gasteiger partial charge in [0.05, 0.1) is 23.7 Å². The number of hydrogen-bond donors (Lipinski definition) is 1. The second-order valence-electron chi connectivity index (χ2n) is 4.57. The van der Waals surface area contributed by atoms with Crippen molar-refractivity contribution in [3.05, 3.63) is 30.1 Å². The van der Waals surface area contributed by atoms with Crippen LogP contribution in [-0.4, -0.2) is 20.8 Å². The molecule has 1 unspecified atom stereocenters. The molecule has 0 aliphatic carbocycles. The molecule has 0 radical (unpaired) electrons.